The van der Waals surface area contributed by atoms with Crippen molar-refractivity contribution in [3.8, 4) is 11.3 Å². The first-order valence-corrected chi connectivity index (χ1v) is 4.53. The highest BCUT2D eigenvalue weighted by Gasteiger charge is 2.04. The van der Waals surface area contributed by atoms with E-state index in [2.05, 4.69) is 11.2 Å². The van der Waals surface area contributed by atoms with Gasteiger partial charge in [0, 0.05) is 18.3 Å². The molecule has 0 saturated heterocycles. The van der Waals surface area contributed by atoms with Gasteiger partial charge in [-0.15, -0.1) is 0 Å². The quantitative estimate of drug-likeness (QED) is 0.694. The van der Waals surface area contributed by atoms with E-state index in [0.29, 0.717) is 0 Å². The number of benzene rings is 1. The van der Waals surface area contributed by atoms with Crippen molar-refractivity contribution in [1.29, 1.82) is 0 Å². The van der Waals surface area contributed by atoms with Gasteiger partial charge in [0.2, 0.25) is 0 Å². The summed E-state index contributed by atoms with van der Waals surface area (Å²) in [5.74, 6) is 0. The lowest BCUT2D eigenvalue weighted by Crippen LogP contribution is -1.94. The molecule has 0 amide bonds. The largest absolute Gasteiger partial charge is 0.399 e. The number of aromatic nitrogens is 2. The molecule has 2 aromatic rings. The van der Waals surface area contributed by atoms with Gasteiger partial charge < -0.3 is 5.73 Å². The van der Waals surface area contributed by atoms with Crippen LogP contribution in [-0.4, -0.2) is 9.78 Å². The molecule has 2 rings (SSSR count). The number of hydrogen-bond donors (Lipinski definition) is 1. The molecule has 3 heteroatoms. The van der Waals surface area contributed by atoms with Gasteiger partial charge in [0.1, 0.15) is 0 Å². The van der Waals surface area contributed by atoms with E-state index in [1.165, 1.54) is 0 Å². The summed E-state index contributed by atoms with van der Waals surface area (Å²) in [7, 11) is 1.94. The molecule has 1 aromatic carbocycles. The molecule has 0 fully saturated rings. The van der Waals surface area contributed by atoms with E-state index in [4.69, 9.17) is 5.73 Å². The zero-order chi connectivity index (χ0) is 10.1. The molecule has 0 radical (unpaired) electrons. The summed E-state index contributed by atoms with van der Waals surface area (Å²) >= 11 is 0. The van der Waals surface area contributed by atoms with Crippen LogP contribution >= 0.6 is 0 Å². The number of rotatable bonds is 1. The highest BCUT2D eigenvalue weighted by molar-refractivity contribution is 5.64. The van der Waals surface area contributed by atoms with Crippen LogP contribution in [-0.2, 0) is 7.05 Å². The van der Waals surface area contributed by atoms with Gasteiger partial charge >= 0.3 is 0 Å². The Bertz CT molecular complexity index is 457. The molecule has 0 spiro atoms. The molecule has 0 saturated carbocycles. The predicted octanol–water partition coefficient (Wildman–Crippen LogP) is 1.98. The standard InChI is InChI=1S/C11H13N3/c1-8-6-11(14(2)13-8)9-4-3-5-10(12)7-9/h3-7H,12H2,1-2H3. The third-order valence-electron chi connectivity index (χ3n) is 2.18. The van der Waals surface area contributed by atoms with E-state index in [0.717, 1.165) is 22.6 Å². The lowest BCUT2D eigenvalue weighted by Gasteiger charge is -2.02. The Morgan fingerprint density at radius 3 is 2.64 bits per heavy atom. The molecule has 0 aliphatic carbocycles. The van der Waals surface area contributed by atoms with Crippen molar-refractivity contribution in [1.82, 2.24) is 9.78 Å². The van der Waals surface area contributed by atoms with E-state index in [1.807, 2.05) is 42.9 Å². The second-order valence-corrected chi connectivity index (χ2v) is 3.42. The van der Waals surface area contributed by atoms with Crippen LogP contribution in [0.3, 0.4) is 0 Å². The fourth-order valence-electron chi connectivity index (χ4n) is 1.58. The predicted molar refractivity (Wildman–Crippen MR) is 57.8 cm³/mol. The lowest BCUT2D eigenvalue weighted by atomic mass is 10.1. The lowest BCUT2D eigenvalue weighted by molar-refractivity contribution is 0.764. The van der Waals surface area contributed by atoms with Crippen molar-refractivity contribution in [3.05, 3.63) is 36.0 Å². The molecule has 72 valence electrons. The van der Waals surface area contributed by atoms with Crippen LogP contribution in [0.25, 0.3) is 11.3 Å². The van der Waals surface area contributed by atoms with Crippen LogP contribution in [0, 0.1) is 6.92 Å². The van der Waals surface area contributed by atoms with Crippen molar-refractivity contribution >= 4 is 5.69 Å². The maximum Gasteiger partial charge on any atom is 0.0682 e. The Labute approximate surface area is 83.2 Å². The van der Waals surface area contributed by atoms with Gasteiger partial charge in [0.25, 0.3) is 0 Å². The van der Waals surface area contributed by atoms with Crippen LogP contribution < -0.4 is 5.73 Å². The Hall–Kier alpha value is -1.77. The van der Waals surface area contributed by atoms with Gasteiger partial charge in [-0.05, 0) is 25.1 Å². The number of nitrogens with zero attached hydrogens (tertiary/aromatic N) is 2. The smallest absolute Gasteiger partial charge is 0.0682 e. The van der Waals surface area contributed by atoms with E-state index in [1.54, 1.807) is 0 Å². The van der Waals surface area contributed by atoms with Gasteiger partial charge in [0.15, 0.2) is 0 Å². The maximum absolute atomic E-state index is 5.72. The first kappa shape index (κ1) is 8.81. The first-order valence-electron chi connectivity index (χ1n) is 4.53. The Morgan fingerprint density at radius 1 is 1.29 bits per heavy atom. The van der Waals surface area contributed by atoms with Crippen molar-refractivity contribution < 1.29 is 0 Å². The summed E-state index contributed by atoms with van der Waals surface area (Å²) < 4.78 is 1.87. The second-order valence-electron chi connectivity index (χ2n) is 3.42. The fourth-order valence-corrected chi connectivity index (χ4v) is 1.58. The van der Waals surface area contributed by atoms with Crippen LogP contribution in [0.15, 0.2) is 30.3 Å². The van der Waals surface area contributed by atoms with Gasteiger partial charge in [-0.2, -0.15) is 5.10 Å². The first-order chi connectivity index (χ1) is 6.66. The molecule has 0 aliphatic heterocycles. The minimum Gasteiger partial charge on any atom is -0.399 e. The zero-order valence-electron chi connectivity index (χ0n) is 8.36. The van der Waals surface area contributed by atoms with E-state index < -0.39 is 0 Å². The van der Waals surface area contributed by atoms with E-state index >= 15 is 0 Å². The van der Waals surface area contributed by atoms with Crippen molar-refractivity contribution in [2.24, 2.45) is 7.05 Å². The third kappa shape index (κ3) is 1.48. The molecule has 0 atom stereocenters. The highest BCUT2D eigenvalue weighted by Crippen LogP contribution is 2.21. The van der Waals surface area contributed by atoms with Crippen LogP contribution in [0.5, 0.6) is 0 Å². The molecular formula is C11H13N3. The summed E-state index contributed by atoms with van der Waals surface area (Å²) in [6.07, 6.45) is 0. The van der Waals surface area contributed by atoms with Crippen molar-refractivity contribution in [2.75, 3.05) is 5.73 Å². The van der Waals surface area contributed by atoms with E-state index in [9.17, 15) is 0 Å². The summed E-state index contributed by atoms with van der Waals surface area (Å²) in [5, 5.41) is 4.29. The monoisotopic (exact) mass is 187 g/mol. The molecule has 1 aromatic heterocycles. The topological polar surface area (TPSA) is 43.8 Å². The van der Waals surface area contributed by atoms with Crippen molar-refractivity contribution in [2.45, 2.75) is 6.92 Å². The normalized spacial score (nSPS) is 10.4. The highest BCUT2D eigenvalue weighted by atomic mass is 15.3. The molecule has 1 heterocycles. The number of nitrogens with two attached hydrogens (primary N) is 1. The summed E-state index contributed by atoms with van der Waals surface area (Å²) in [5.41, 5.74) is 9.72. The van der Waals surface area contributed by atoms with Gasteiger partial charge in [-0.25, -0.2) is 0 Å². The van der Waals surface area contributed by atoms with Crippen molar-refractivity contribution in [3.63, 3.8) is 0 Å². The number of hydrogen-bond acceptors (Lipinski definition) is 2. The van der Waals surface area contributed by atoms with Gasteiger partial charge in [-0.1, -0.05) is 12.1 Å². The van der Waals surface area contributed by atoms with Gasteiger partial charge in [0.05, 0.1) is 11.4 Å². The second kappa shape index (κ2) is 3.18. The molecule has 0 unspecified atom stereocenters. The minimum atomic E-state index is 0.779. The Morgan fingerprint density at radius 2 is 2.07 bits per heavy atom. The number of anilines is 1. The molecule has 3 nitrogen and oxygen atoms in total. The Balaban J connectivity index is 2.54. The number of nitrogen functional groups attached to an aromatic ring is 1. The molecular weight excluding hydrogens is 174 g/mol. The van der Waals surface area contributed by atoms with Crippen LogP contribution in [0.1, 0.15) is 5.69 Å². The maximum atomic E-state index is 5.72. The minimum absolute atomic E-state index is 0.779. The van der Waals surface area contributed by atoms with Crippen LogP contribution in [0.4, 0.5) is 5.69 Å². The molecule has 14 heavy (non-hydrogen) atoms. The summed E-state index contributed by atoms with van der Waals surface area (Å²) in [6.45, 7) is 1.98. The zero-order valence-corrected chi connectivity index (χ0v) is 8.36. The van der Waals surface area contributed by atoms with Gasteiger partial charge in [-0.3, -0.25) is 4.68 Å². The number of aryl methyl sites for hydroxylation is 2. The average molecular weight is 187 g/mol. The average Bonchev–Trinajstić information content (AvgIpc) is 2.45. The summed E-state index contributed by atoms with van der Waals surface area (Å²) in [4.78, 5) is 0. The molecule has 0 aliphatic rings. The third-order valence-corrected chi connectivity index (χ3v) is 2.18. The Kier molecular flexibility index (Phi) is 2.00. The molecule has 0 bridgehead atoms. The molecule has 2 N–H and O–H groups in total. The summed E-state index contributed by atoms with van der Waals surface area (Å²) in [6, 6.07) is 9.87. The van der Waals surface area contributed by atoms with E-state index in [-0.39, 0.29) is 0 Å². The SMILES string of the molecule is Cc1cc(-c2cccc(N)c2)n(C)n1. The fraction of sp³-hybridized carbons (Fsp3) is 0.182. The van der Waals surface area contributed by atoms with Crippen LogP contribution in [0.2, 0.25) is 0 Å².